The number of aryl methyl sites for hydroxylation is 2. The molecule has 0 aliphatic carbocycles. The molecule has 5 nitrogen and oxygen atoms in total. The summed E-state index contributed by atoms with van der Waals surface area (Å²) in [6.07, 6.45) is 1.52. The van der Waals surface area contributed by atoms with E-state index in [4.69, 9.17) is 21.1 Å². The van der Waals surface area contributed by atoms with E-state index in [0.29, 0.717) is 22.0 Å². The summed E-state index contributed by atoms with van der Waals surface area (Å²) in [7, 11) is 1.61. The Morgan fingerprint density at radius 2 is 2.00 bits per heavy atom. The number of hydrogen-bond acceptors (Lipinski definition) is 5. The smallest absolute Gasteiger partial charge is 0.341 e. The van der Waals surface area contributed by atoms with Crippen molar-refractivity contribution in [2.24, 2.45) is 0 Å². The van der Waals surface area contributed by atoms with Gasteiger partial charge in [0.15, 0.2) is 0 Å². The van der Waals surface area contributed by atoms with Gasteiger partial charge >= 0.3 is 5.97 Å². The molecule has 0 aliphatic rings. The second-order valence-electron chi connectivity index (χ2n) is 6.16. The zero-order chi connectivity index (χ0) is 19.6. The van der Waals surface area contributed by atoms with Crippen molar-refractivity contribution >= 4 is 39.8 Å². The molecule has 0 spiro atoms. The largest absolute Gasteiger partial charge is 0.495 e. The molecule has 0 aliphatic heterocycles. The molecular formula is C21H21ClN2O3. The van der Waals surface area contributed by atoms with E-state index in [2.05, 4.69) is 10.3 Å². The van der Waals surface area contributed by atoms with Crippen molar-refractivity contribution in [3.8, 4) is 5.75 Å². The topological polar surface area (TPSA) is 60.5 Å². The fourth-order valence-electron chi connectivity index (χ4n) is 2.93. The van der Waals surface area contributed by atoms with Gasteiger partial charge in [0.05, 0.1) is 30.6 Å². The van der Waals surface area contributed by atoms with Crippen molar-refractivity contribution in [2.45, 2.75) is 20.8 Å². The zero-order valence-electron chi connectivity index (χ0n) is 15.7. The van der Waals surface area contributed by atoms with Gasteiger partial charge in [0.1, 0.15) is 11.3 Å². The molecule has 0 atom stereocenters. The maximum atomic E-state index is 12.5. The summed E-state index contributed by atoms with van der Waals surface area (Å²) in [6, 6.07) is 9.46. The van der Waals surface area contributed by atoms with Gasteiger partial charge in [-0.15, -0.1) is 0 Å². The molecule has 1 heterocycles. The SMILES string of the molecule is CCOC(=O)c1cnc2c(C)c(Cl)ccc2c1Nc1cc(C)ccc1OC. The summed E-state index contributed by atoms with van der Waals surface area (Å²) >= 11 is 6.25. The zero-order valence-corrected chi connectivity index (χ0v) is 16.5. The minimum Gasteiger partial charge on any atom is -0.495 e. The quantitative estimate of drug-likeness (QED) is 0.594. The van der Waals surface area contributed by atoms with E-state index in [9.17, 15) is 4.79 Å². The fourth-order valence-corrected chi connectivity index (χ4v) is 3.09. The minimum atomic E-state index is -0.436. The van der Waals surface area contributed by atoms with E-state index in [-0.39, 0.29) is 6.61 Å². The highest BCUT2D eigenvalue weighted by molar-refractivity contribution is 6.32. The van der Waals surface area contributed by atoms with E-state index in [1.165, 1.54) is 6.20 Å². The summed E-state index contributed by atoms with van der Waals surface area (Å²) in [5.74, 6) is 0.236. The Hall–Kier alpha value is -2.79. The molecule has 27 heavy (non-hydrogen) atoms. The van der Waals surface area contributed by atoms with Gasteiger partial charge in [0.25, 0.3) is 0 Å². The first-order valence-electron chi connectivity index (χ1n) is 8.62. The van der Waals surface area contributed by atoms with Crippen LogP contribution >= 0.6 is 11.6 Å². The molecule has 6 heteroatoms. The molecule has 3 aromatic rings. The van der Waals surface area contributed by atoms with Gasteiger partial charge in [0.2, 0.25) is 0 Å². The lowest BCUT2D eigenvalue weighted by molar-refractivity contribution is 0.0527. The monoisotopic (exact) mass is 384 g/mol. The van der Waals surface area contributed by atoms with Crippen LogP contribution in [-0.2, 0) is 4.74 Å². The molecule has 0 saturated heterocycles. The number of pyridine rings is 1. The Bertz CT molecular complexity index is 1020. The number of benzene rings is 2. The predicted octanol–water partition coefficient (Wildman–Crippen LogP) is 5.43. The third kappa shape index (κ3) is 3.69. The van der Waals surface area contributed by atoms with Crippen LogP contribution < -0.4 is 10.1 Å². The van der Waals surface area contributed by atoms with Crippen LogP contribution in [0.15, 0.2) is 36.5 Å². The number of esters is 1. The lowest BCUT2D eigenvalue weighted by atomic mass is 10.1. The van der Waals surface area contributed by atoms with Crippen LogP contribution in [0.25, 0.3) is 10.9 Å². The van der Waals surface area contributed by atoms with Gasteiger partial charge in [-0.1, -0.05) is 17.7 Å². The molecule has 140 valence electrons. The van der Waals surface area contributed by atoms with Gasteiger partial charge in [-0.05, 0) is 56.2 Å². The Morgan fingerprint density at radius 1 is 1.22 bits per heavy atom. The number of halogens is 1. The van der Waals surface area contributed by atoms with E-state index in [1.54, 1.807) is 20.1 Å². The number of methoxy groups -OCH3 is 1. The van der Waals surface area contributed by atoms with Crippen LogP contribution in [0.1, 0.15) is 28.4 Å². The van der Waals surface area contributed by atoms with E-state index >= 15 is 0 Å². The van der Waals surface area contributed by atoms with Crippen LogP contribution in [-0.4, -0.2) is 24.7 Å². The van der Waals surface area contributed by atoms with Gasteiger partial charge < -0.3 is 14.8 Å². The Balaban J connectivity index is 2.25. The molecule has 0 fully saturated rings. The highest BCUT2D eigenvalue weighted by Gasteiger charge is 2.19. The molecule has 0 radical (unpaired) electrons. The number of anilines is 2. The van der Waals surface area contributed by atoms with Crippen molar-refractivity contribution < 1.29 is 14.3 Å². The van der Waals surface area contributed by atoms with Crippen LogP contribution in [0.2, 0.25) is 5.02 Å². The average Bonchev–Trinajstić information content (AvgIpc) is 2.65. The molecular weight excluding hydrogens is 364 g/mol. The van der Waals surface area contributed by atoms with Crippen molar-refractivity contribution in [1.29, 1.82) is 0 Å². The Morgan fingerprint density at radius 3 is 2.70 bits per heavy atom. The predicted molar refractivity (Wildman–Crippen MR) is 108 cm³/mol. The summed E-state index contributed by atoms with van der Waals surface area (Å²) in [5.41, 5.74) is 4.36. The number of nitrogens with zero attached hydrogens (tertiary/aromatic N) is 1. The molecule has 1 aromatic heterocycles. The van der Waals surface area contributed by atoms with Crippen molar-refractivity contribution in [3.05, 3.63) is 58.2 Å². The van der Waals surface area contributed by atoms with Gasteiger partial charge in [-0.25, -0.2) is 4.79 Å². The Kier molecular flexibility index (Phi) is 5.51. The second-order valence-corrected chi connectivity index (χ2v) is 6.57. The van der Waals surface area contributed by atoms with Gasteiger partial charge in [-0.3, -0.25) is 4.98 Å². The molecule has 1 N–H and O–H groups in total. The van der Waals surface area contributed by atoms with E-state index < -0.39 is 5.97 Å². The van der Waals surface area contributed by atoms with Crippen LogP contribution in [0.5, 0.6) is 5.75 Å². The third-order valence-electron chi connectivity index (χ3n) is 4.34. The molecule has 3 rings (SSSR count). The maximum Gasteiger partial charge on any atom is 0.341 e. The fraction of sp³-hybridized carbons (Fsp3) is 0.238. The van der Waals surface area contributed by atoms with Crippen LogP contribution in [0.3, 0.4) is 0 Å². The maximum absolute atomic E-state index is 12.5. The summed E-state index contributed by atoms with van der Waals surface area (Å²) < 4.78 is 10.7. The molecule has 0 amide bonds. The van der Waals surface area contributed by atoms with Gasteiger partial charge in [0, 0.05) is 16.6 Å². The number of aromatic nitrogens is 1. The lowest BCUT2D eigenvalue weighted by Crippen LogP contribution is -2.10. The highest BCUT2D eigenvalue weighted by Crippen LogP contribution is 2.36. The van der Waals surface area contributed by atoms with Crippen molar-refractivity contribution in [2.75, 3.05) is 19.0 Å². The molecule has 2 aromatic carbocycles. The van der Waals surface area contributed by atoms with E-state index in [1.807, 2.05) is 38.1 Å². The highest BCUT2D eigenvalue weighted by atomic mass is 35.5. The first-order valence-corrected chi connectivity index (χ1v) is 9.00. The second kappa shape index (κ2) is 7.84. The molecule has 0 saturated carbocycles. The number of carbonyl (C=O) groups excluding carboxylic acids is 1. The normalized spacial score (nSPS) is 10.7. The number of ether oxygens (including phenoxy) is 2. The number of hydrogen-bond donors (Lipinski definition) is 1. The summed E-state index contributed by atoms with van der Waals surface area (Å²) in [6.45, 7) is 5.95. The average molecular weight is 385 g/mol. The number of rotatable bonds is 5. The minimum absolute atomic E-state index is 0.281. The van der Waals surface area contributed by atoms with Crippen molar-refractivity contribution in [1.82, 2.24) is 4.98 Å². The van der Waals surface area contributed by atoms with Crippen LogP contribution in [0, 0.1) is 13.8 Å². The Labute approximate surface area is 163 Å². The third-order valence-corrected chi connectivity index (χ3v) is 4.75. The number of fused-ring (bicyclic) bond motifs is 1. The standard InChI is InChI=1S/C21H21ClN2O3/c1-5-27-21(25)15-11-23-19-13(3)16(22)8-7-14(19)20(15)24-17-10-12(2)6-9-18(17)26-4/h6-11H,5H2,1-4H3,(H,23,24). The molecule has 0 bridgehead atoms. The first kappa shape index (κ1) is 19.0. The summed E-state index contributed by atoms with van der Waals surface area (Å²) in [4.78, 5) is 17.0. The number of carbonyl (C=O) groups is 1. The van der Waals surface area contributed by atoms with Crippen molar-refractivity contribution in [3.63, 3.8) is 0 Å². The van der Waals surface area contributed by atoms with Gasteiger partial charge in [-0.2, -0.15) is 0 Å². The molecule has 0 unspecified atom stereocenters. The van der Waals surface area contributed by atoms with Crippen LogP contribution in [0.4, 0.5) is 11.4 Å². The van der Waals surface area contributed by atoms with E-state index in [0.717, 1.165) is 27.7 Å². The first-order chi connectivity index (χ1) is 13.0. The summed E-state index contributed by atoms with van der Waals surface area (Å²) in [5, 5.41) is 4.76. The number of nitrogens with one attached hydrogen (secondary N) is 1. The lowest BCUT2D eigenvalue weighted by Gasteiger charge is -2.17.